The summed E-state index contributed by atoms with van der Waals surface area (Å²) in [7, 11) is 5.50. The third-order valence-electron chi connectivity index (χ3n) is 7.46. The Kier molecular flexibility index (Phi) is 6.68. The molecule has 7 nitrogen and oxygen atoms in total. The maximum atomic E-state index is 13.7. The van der Waals surface area contributed by atoms with Crippen LogP contribution in [0.25, 0.3) is 16.7 Å². The van der Waals surface area contributed by atoms with Gasteiger partial charge in [0.2, 0.25) is 0 Å². The second kappa shape index (κ2) is 9.98. The molecule has 5 rings (SSSR count). The Bertz CT molecular complexity index is 1610. The lowest BCUT2D eigenvalue weighted by Crippen LogP contribution is -2.29. The minimum atomic E-state index is -0.824. The van der Waals surface area contributed by atoms with E-state index < -0.39 is 17.7 Å². The monoisotopic (exact) mass is 523 g/mol. The Labute approximate surface area is 228 Å². The molecule has 1 saturated heterocycles. The Morgan fingerprint density at radius 1 is 1.05 bits per heavy atom. The number of carbonyl (C=O) groups excluding carboxylic acids is 2. The zero-order valence-corrected chi connectivity index (χ0v) is 23.1. The summed E-state index contributed by atoms with van der Waals surface area (Å²) < 4.78 is 5.58. The van der Waals surface area contributed by atoms with Crippen LogP contribution in [0.4, 0.5) is 11.4 Å². The van der Waals surface area contributed by atoms with Crippen molar-refractivity contribution in [3.05, 3.63) is 94.7 Å². The van der Waals surface area contributed by atoms with Gasteiger partial charge in [0.15, 0.2) is 0 Å². The van der Waals surface area contributed by atoms with Gasteiger partial charge in [0.05, 0.1) is 18.7 Å². The lowest BCUT2D eigenvalue weighted by atomic mass is 9.91. The fourth-order valence-corrected chi connectivity index (χ4v) is 5.35. The van der Waals surface area contributed by atoms with Crippen LogP contribution < -0.4 is 14.5 Å². The molecule has 1 aliphatic rings. The lowest BCUT2D eigenvalue weighted by molar-refractivity contribution is -0.132. The maximum Gasteiger partial charge on any atom is 0.300 e. The molecule has 1 fully saturated rings. The van der Waals surface area contributed by atoms with Crippen molar-refractivity contribution >= 4 is 39.7 Å². The number of amides is 1. The summed E-state index contributed by atoms with van der Waals surface area (Å²) in [5.41, 5.74) is 5.37. The third kappa shape index (κ3) is 4.34. The number of aliphatic hydroxyl groups is 1. The normalized spacial score (nSPS) is 16.9. The number of methoxy groups -OCH3 is 1. The van der Waals surface area contributed by atoms with E-state index >= 15 is 0 Å². The van der Waals surface area contributed by atoms with E-state index in [1.807, 2.05) is 107 Å². The highest BCUT2D eigenvalue weighted by Crippen LogP contribution is 2.45. The second-order valence-corrected chi connectivity index (χ2v) is 10.4. The number of aliphatic hydroxyl groups excluding tert-OH is 1. The van der Waals surface area contributed by atoms with Crippen molar-refractivity contribution in [1.82, 2.24) is 4.98 Å². The van der Waals surface area contributed by atoms with Crippen molar-refractivity contribution < 1.29 is 19.4 Å². The molecule has 0 radical (unpaired) electrons. The molecule has 1 aliphatic heterocycles. The van der Waals surface area contributed by atoms with Crippen LogP contribution in [0.1, 0.15) is 48.1 Å². The standard InChI is InChI=1S/C32H33N3O4/c1-18(2)23-16-24(19(3)15-27(23)39-6)30(36)28-29(25-17-33-26-10-8-7-9-22(25)26)35(32(38)31(28)37)21-13-11-20(12-14-21)34(4)5/h7-18,29,33,36H,1-6H3/b30-28+. The number of nitrogens with one attached hydrogen (secondary N) is 1. The molecule has 7 heteroatoms. The number of ketones is 1. The number of para-hydroxylation sites is 1. The molecule has 0 spiro atoms. The number of Topliss-reactive ketones (excluding diaryl/α,β-unsaturated/α-hetero) is 1. The largest absolute Gasteiger partial charge is 0.507 e. The van der Waals surface area contributed by atoms with Gasteiger partial charge in [0, 0.05) is 53.7 Å². The van der Waals surface area contributed by atoms with Gasteiger partial charge in [-0.2, -0.15) is 0 Å². The van der Waals surface area contributed by atoms with Crippen LogP contribution in [0, 0.1) is 6.92 Å². The van der Waals surface area contributed by atoms with Gasteiger partial charge in [0.25, 0.3) is 11.7 Å². The van der Waals surface area contributed by atoms with Crippen LogP contribution in [0.15, 0.2) is 72.4 Å². The number of hydrogen-bond donors (Lipinski definition) is 2. The van der Waals surface area contributed by atoms with Crippen LogP contribution in [-0.4, -0.2) is 43.0 Å². The summed E-state index contributed by atoms with van der Waals surface area (Å²) in [5, 5.41) is 12.7. The topological polar surface area (TPSA) is 85.9 Å². The first-order valence-corrected chi connectivity index (χ1v) is 13.0. The minimum Gasteiger partial charge on any atom is -0.507 e. The summed E-state index contributed by atoms with van der Waals surface area (Å²) in [6.07, 6.45) is 1.82. The van der Waals surface area contributed by atoms with Gasteiger partial charge in [-0.05, 0) is 66.4 Å². The Morgan fingerprint density at radius 2 is 1.74 bits per heavy atom. The van der Waals surface area contributed by atoms with E-state index in [1.54, 1.807) is 7.11 Å². The van der Waals surface area contributed by atoms with E-state index in [2.05, 4.69) is 4.98 Å². The van der Waals surface area contributed by atoms with E-state index in [1.165, 1.54) is 4.90 Å². The molecule has 1 atom stereocenters. The van der Waals surface area contributed by atoms with Crippen LogP contribution in [-0.2, 0) is 9.59 Å². The van der Waals surface area contributed by atoms with Gasteiger partial charge in [-0.25, -0.2) is 0 Å². The molecule has 2 N–H and O–H groups in total. The van der Waals surface area contributed by atoms with Gasteiger partial charge in [0.1, 0.15) is 11.5 Å². The smallest absolute Gasteiger partial charge is 0.300 e. The molecule has 4 aromatic rings. The van der Waals surface area contributed by atoms with Crippen molar-refractivity contribution in [2.45, 2.75) is 32.7 Å². The van der Waals surface area contributed by atoms with Crippen molar-refractivity contribution in [3.63, 3.8) is 0 Å². The fourth-order valence-electron chi connectivity index (χ4n) is 5.35. The Hall–Kier alpha value is -4.52. The number of aromatic amines is 1. The molecular weight excluding hydrogens is 490 g/mol. The number of fused-ring (bicyclic) bond motifs is 1. The molecule has 39 heavy (non-hydrogen) atoms. The fraction of sp³-hybridized carbons (Fsp3) is 0.250. The zero-order chi connectivity index (χ0) is 28.0. The number of carbonyl (C=O) groups is 2. The van der Waals surface area contributed by atoms with Gasteiger partial charge >= 0.3 is 0 Å². The van der Waals surface area contributed by atoms with E-state index in [4.69, 9.17) is 4.74 Å². The highest BCUT2D eigenvalue weighted by molar-refractivity contribution is 6.52. The van der Waals surface area contributed by atoms with Crippen molar-refractivity contribution in [1.29, 1.82) is 0 Å². The molecule has 3 aromatic carbocycles. The van der Waals surface area contributed by atoms with Gasteiger partial charge in [-0.15, -0.1) is 0 Å². The number of nitrogens with zero attached hydrogens (tertiary/aromatic N) is 2. The second-order valence-electron chi connectivity index (χ2n) is 10.4. The average molecular weight is 524 g/mol. The minimum absolute atomic E-state index is 0.0596. The summed E-state index contributed by atoms with van der Waals surface area (Å²) in [5.74, 6) is -0.763. The highest BCUT2D eigenvalue weighted by atomic mass is 16.5. The van der Waals surface area contributed by atoms with E-state index in [0.29, 0.717) is 17.0 Å². The molecule has 0 aliphatic carbocycles. The lowest BCUT2D eigenvalue weighted by Gasteiger charge is -2.26. The number of aromatic nitrogens is 1. The van der Waals surface area contributed by atoms with Crippen LogP contribution in [0.5, 0.6) is 5.75 Å². The first-order valence-electron chi connectivity index (χ1n) is 13.0. The number of H-pyrrole nitrogens is 1. The number of rotatable bonds is 6. The highest BCUT2D eigenvalue weighted by Gasteiger charge is 2.48. The van der Waals surface area contributed by atoms with E-state index in [-0.39, 0.29) is 17.3 Å². The molecule has 0 bridgehead atoms. The molecule has 200 valence electrons. The van der Waals surface area contributed by atoms with Crippen LogP contribution in [0.3, 0.4) is 0 Å². The van der Waals surface area contributed by atoms with Crippen molar-refractivity contribution in [3.8, 4) is 5.75 Å². The predicted molar refractivity (Wildman–Crippen MR) is 156 cm³/mol. The first-order chi connectivity index (χ1) is 18.6. The van der Waals surface area contributed by atoms with Gasteiger partial charge in [-0.3, -0.25) is 14.5 Å². The summed E-state index contributed by atoms with van der Waals surface area (Å²) >= 11 is 0. The number of benzene rings is 3. The molecule has 0 saturated carbocycles. The maximum absolute atomic E-state index is 13.7. The van der Waals surface area contributed by atoms with Crippen molar-refractivity contribution in [2.24, 2.45) is 0 Å². The van der Waals surface area contributed by atoms with Crippen molar-refractivity contribution in [2.75, 3.05) is 31.0 Å². The zero-order valence-electron chi connectivity index (χ0n) is 23.1. The summed E-state index contributed by atoms with van der Waals surface area (Å²) in [6.45, 7) is 5.94. The van der Waals surface area contributed by atoms with E-state index in [0.717, 1.165) is 33.3 Å². The Balaban J connectivity index is 1.77. The number of hydrogen-bond acceptors (Lipinski definition) is 5. The third-order valence-corrected chi connectivity index (χ3v) is 7.46. The van der Waals surface area contributed by atoms with Crippen LogP contribution in [0.2, 0.25) is 0 Å². The molecular formula is C32H33N3O4. The summed E-state index contributed by atoms with van der Waals surface area (Å²) in [6, 6.07) is 18.1. The number of aryl methyl sites for hydroxylation is 1. The predicted octanol–water partition coefficient (Wildman–Crippen LogP) is 6.30. The number of ether oxygens (including phenoxy) is 1. The Morgan fingerprint density at radius 3 is 2.38 bits per heavy atom. The van der Waals surface area contributed by atoms with Crippen LogP contribution >= 0.6 is 0 Å². The average Bonchev–Trinajstić information content (AvgIpc) is 3.46. The van der Waals surface area contributed by atoms with Gasteiger partial charge < -0.3 is 19.7 Å². The SMILES string of the molecule is COc1cc(C)c(/C(O)=C2\C(=O)C(=O)N(c3ccc(N(C)C)cc3)C2c2c[nH]c3ccccc23)cc1C(C)C. The van der Waals surface area contributed by atoms with Gasteiger partial charge in [-0.1, -0.05) is 32.0 Å². The number of anilines is 2. The quantitative estimate of drug-likeness (QED) is 0.176. The molecule has 1 amide bonds. The molecule has 1 unspecified atom stereocenters. The molecule has 1 aromatic heterocycles. The molecule has 2 heterocycles. The summed E-state index contributed by atoms with van der Waals surface area (Å²) in [4.78, 5) is 34.1. The first kappa shape index (κ1) is 26.1. The van der Waals surface area contributed by atoms with E-state index in [9.17, 15) is 14.7 Å².